The van der Waals surface area contributed by atoms with Gasteiger partial charge < -0.3 is 10.5 Å². The zero-order chi connectivity index (χ0) is 15.4. The molecule has 0 aliphatic rings. The molecule has 1 unspecified atom stereocenters. The number of benzene rings is 2. The SMILES string of the molecule is CCC(N)Cc1ccc(Oc2ccc(C)c(C)c2)cc1Cl. The first kappa shape index (κ1) is 15.9. The van der Waals surface area contributed by atoms with Crippen molar-refractivity contribution in [3.63, 3.8) is 0 Å². The van der Waals surface area contributed by atoms with Crippen molar-refractivity contribution in [2.24, 2.45) is 5.73 Å². The van der Waals surface area contributed by atoms with Crippen LogP contribution in [0.25, 0.3) is 0 Å². The Morgan fingerprint density at radius 1 is 1.05 bits per heavy atom. The molecule has 0 aliphatic heterocycles. The van der Waals surface area contributed by atoms with Gasteiger partial charge in [-0.15, -0.1) is 0 Å². The monoisotopic (exact) mass is 303 g/mol. The van der Waals surface area contributed by atoms with Gasteiger partial charge in [-0.05, 0) is 67.6 Å². The molecule has 2 aromatic rings. The molecule has 0 aliphatic carbocycles. The number of rotatable bonds is 5. The van der Waals surface area contributed by atoms with Crippen LogP contribution in [0.5, 0.6) is 11.5 Å². The molecule has 21 heavy (non-hydrogen) atoms. The largest absolute Gasteiger partial charge is 0.457 e. The van der Waals surface area contributed by atoms with Crippen LogP contribution in [0, 0.1) is 13.8 Å². The van der Waals surface area contributed by atoms with Gasteiger partial charge in [0.05, 0.1) is 0 Å². The summed E-state index contributed by atoms with van der Waals surface area (Å²) in [6.07, 6.45) is 1.73. The standard InChI is InChI=1S/C18H22ClNO/c1-4-15(20)10-14-6-8-17(11-18(14)19)21-16-7-5-12(2)13(3)9-16/h5-9,11,15H,4,10,20H2,1-3H3. The topological polar surface area (TPSA) is 35.2 Å². The predicted octanol–water partition coefficient (Wildman–Crippen LogP) is 5.03. The van der Waals surface area contributed by atoms with Crippen LogP contribution < -0.4 is 10.5 Å². The molecular weight excluding hydrogens is 282 g/mol. The third-order valence-corrected chi connectivity index (χ3v) is 4.10. The summed E-state index contributed by atoms with van der Waals surface area (Å²) in [6, 6.07) is 12.0. The summed E-state index contributed by atoms with van der Waals surface area (Å²) >= 11 is 6.32. The molecular formula is C18H22ClNO. The number of ether oxygens (including phenoxy) is 1. The molecule has 0 amide bonds. The van der Waals surface area contributed by atoms with E-state index in [0.717, 1.165) is 29.9 Å². The highest BCUT2D eigenvalue weighted by Gasteiger charge is 2.08. The summed E-state index contributed by atoms with van der Waals surface area (Å²) < 4.78 is 5.87. The van der Waals surface area contributed by atoms with Crippen molar-refractivity contribution in [3.05, 3.63) is 58.1 Å². The Kier molecular flexibility index (Phi) is 5.27. The highest BCUT2D eigenvalue weighted by molar-refractivity contribution is 6.31. The third kappa shape index (κ3) is 4.23. The lowest BCUT2D eigenvalue weighted by atomic mass is 10.0. The number of hydrogen-bond acceptors (Lipinski definition) is 2. The number of nitrogens with two attached hydrogens (primary N) is 1. The van der Waals surface area contributed by atoms with Gasteiger partial charge in [-0.1, -0.05) is 30.7 Å². The molecule has 0 spiro atoms. The fourth-order valence-electron chi connectivity index (χ4n) is 2.10. The highest BCUT2D eigenvalue weighted by atomic mass is 35.5. The van der Waals surface area contributed by atoms with Gasteiger partial charge in [-0.3, -0.25) is 0 Å². The van der Waals surface area contributed by atoms with Gasteiger partial charge in [0.1, 0.15) is 11.5 Å². The lowest BCUT2D eigenvalue weighted by molar-refractivity contribution is 0.482. The maximum atomic E-state index is 6.32. The Bertz CT molecular complexity index is 625. The van der Waals surface area contributed by atoms with Gasteiger partial charge in [-0.25, -0.2) is 0 Å². The minimum atomic E-state index is 0.147. The van der Waals surface area contributed by atoms with E-state index in [0.29, 0.717) is 5.02 Å². The molecule has 2 nitrogen and oxygen atoms in total. The smallest absolute Gasteiger partial charge is 0.128 e. The van der Waals surface area contributed by atoms with Crippen LogP contribution in [0.1, 0.15) is 30.0 Å². The predicted molar refractivity (Wildman–Crippen MR) is 89.4 cm³/mol. The fourth-order valence-corrected chi connectivity index (χ4v) is 2.35. The van der Waals surface area contributed by atoms with Crippen LogP contribution in [0.15, 0.2) is 36.4 Å². The van der Waals surface area contributed by atoms with Crippen molar-refractivity contribution in [1.29, 1.82) is 0 Å². The molecule has 0 bridgehead atoms. The van der Waals surface area contributed by atoms with Gasteiger partial charge in [0, 0.05) is 11.1 Å². The van der Waals surface area contributed by atoms with Crippen molar-refractivity contribution in [2.45, 2.75) is 39.7 Å². The second-order valence-electron chi connectivity index (χ2n) is 5.47. The van der Waals surface area contributed by atoms with Gasteiger partial charge in [-0.2, -0.15) is 0 Å². The first-order valence-electron chi connectivity index (χ1n) is 7.28. The summed E-state index contributed by atoms with van der Waals surface area (Å²) in [6.45, 7) is 6.24. The van der Waals surface area contributed by atoms with E-state index in [2.05, 4.69) is 26.8 Å². The molecule has 0 saturated carbocycles. The van der Waals surface area contributed by atoms with E-state index in [9.17, 15) is 0 Å². The van der Waals surface area contributed by atoms with Crippen molar-refractivity contribution in [2.75, 3.05) is 0 Å². The Balaban J connectivity index is 2.14. The fraction of sp³-hybridized carbons (Fsp3) is 0.333. The molecule has 0 aromatic heterocycles. The van der Waals surface area contributed by atoms with E-state index < -0.39 is 0 Å². The zero-order valence-electron chi connectivity index (χ0n) is 12.8. The molecule has 0 fully saturated rings. The van der Waals surface area contributed by atoms with Crippen LogP contribution >= 0.6 is 11.6 Å². The Morgan fingerprint density at radius 2 is 1.71 bits per heavy atom. The molecule has 0 heterocycles. The molecule has 1 atom stereocenters. The molecule has 112 valence electrons. The zero-order valence-corrected chi connectivity index (χ0v) is 13.6. The van der Waals surface area contributed by atoms with E-state index in [-0.39, 0.29) is 6.04 Å². The Hall–Kier alpha value is -1.51. The number of aryl methyl sites for hydroxylation is 2. The molecule has 2 aromatic carbocycles. The van der Waals surface area contributed by atoms with E-state index >= 15 is 0 Å². The van der Waals surface area contributed by atoms with Gasteiger partial charge in [0.2, 0.25) is 0 Å². The summed E-state index contributed by atoms with van der Waals surface area (Å²) in [7, 11) is 0. The average molecular weight is 304 g/mol. The summed E-state index contributed by atoms with van der Waals surface area (Å²) in [5, 5.41) is 0.709. The average Bonchev–Trinajstić information content (AvgIpc) is 2.45. The van der Waals surface area contributed by atoms with Crippen LogP contribution in [-0.4, -0.2) is 6.04 Å². The van der Waals surface area contributed by atoms with Crippen molar-refractivity contribution in [1.82, 2.24) is 0 Å². The number of halogens is 1. The first-order chi connectivity index (χ1) is 9.99. The Labute approximate surface area is 131 Å². The maximum Gasteiger partial charge on any atom is 0.128 e. The minimum Gasteiger partial charge on any atom is -0.457 e. The summed E-state index contributed by atoms with van der Waals surface area (Å²) in [5.74, 6) is 1.57. The van der Waals surface area contributed by atoms with E-state index in [1.165, 1.54) is 11.1 Å². The van der Waals surface area contributed by atoms with E-state index in [1.54, 1.807) is 0 Å². The number of hydrogen-bond donors (Lipinski definition) is 1. The highest BCUT2D eigenvalue weighted by Crippen LogP contribution is 2.28. The second kappa shape index (κ2) is 6.97. The van der Waals surface area contributed by atoms with E-state index in [1.807, 2.05) is 30.3 Å². The maximum absolute atomic E-state index is 6.32. The van der Waals surface area contributed by atoms with Gasteiger partial charge >= 0.3 is 0 Å². The summed E-state index contributed by atoms with van der Waals surface area (Å²) in [5.41, 5.74) is 9.51. The van der Waals surface area contributed by atoms with Crippen LogP contribution in [0.2, 0.25) is 5.02 Å². The normalized spacial score (nSPS) is 12.2. The molecule has 2 N–H and O–H groups in total. The van der Waals surface area contributed by atoms with Crippen molar-refractivity contribution < 1.29 is 4.74 Å². The van der Waals surface area contributed by atoms with Crippen LogP contribution in [-0.2, 0) is 6.42 Å². The van der Waals surface area contributed by atoms with E-state index in [4.69, 9.17) is 22.1 Å². The molecule has 2 rings (SSSR count). The van der Waals surface area contributed by atoms with Crippen molar-refractivity contribution >= 4 is 11.6 Å². The Morgan fingerprint density at radius 3 is 2.33 bits per heavy atom. The molecule has 3 heteroatoms. The van der Waals surface area contributed by atoms with Crippen LogP contribution in [0.4, 0.5) is 0 Å². The minimum absolute atomic E-state index is 0.147. The van der Waals surface area contributed by atoms with Gasteiger partial charge in [0.25, 0.3) is 0 Å². The van der Waals surface area contributed by atoms with Crippen LogP contribution in [0.3, 0.4) is 0 Å². The lowest BCUT2D eigenvalue weighted by Crippen LogP contribution is -2.21. The second-order valence-corrected chi connectivity index (χ2v) is 5.88. The quantitative estimate of drug-likeness (QED) is 0.841. The lowest BCUT2D eigenvalue weighted by Gasteiger charge is -2.12. The first-order valence-corrected chi connectivity index (χ1v) is 7.66. The van der Waals surface area contributed by atoms with Gasteiger partial charge in [0.15, 0.2) is 0 Å². The van der Waals surface area contributed by atoms with Crippen molar-refractivity contribution in [3.8, 4) is 11.5 Å². The molecule has 0 radical (unpaired) electrons. The molecule has 0 saturated heterocycles. The third-order valence-electron chi connectivity index (χ3n) is 3.75. The summed E-state index contributed by atoms with van der Waals surface area (Å²) in [4.78, 5) is 0.